The third-order valence-electron chi connectivity index (χ3n) is 2.74. The van der Waals surface area contributed by atoms with Crippen LogP contribution in [0.25, 0.3) is 0 Å². The molecule has 0 atom stereocenters. The van der Waals surface area contributed by atoms with Crippen LogP contribution in [0.2, 0.25) is 0 Å². The summed E-state index contributed by atoms with van der Waals surface area (Å²) in [4.78, 5) is 16.0. The van der Waals surface area contributed by atoms with Gasteiger partial charge in [-0.1, -0.05) is 19.9 Å². The lowest BCUT2D eigenvalue weighted by Gasteiger charge is -2.07. The van der Waals surface area contributed by atoms with E-state index in [-0.39, 0.29) is 5.91 Å². The molecule has 0 saturated heterocycles. The van der Waals surface area contributed by atoms with Crippen LogP contribution in [0, 0.1) is 5.92 Å². The summed E-state index contributed by atoms with van der Waals surface area (Å²) in [6, 6.07) is 9.11. The molecule has 2 N–H and O–H groups in total. The lowest BCUT2D eigenvalue weighted by molar-refractivity contribution is 0.0943. The van der Waals surface area contributed by atoms with Gasteiger partial charge in [0.05, 0.1) is 12.2 Å². The molecule has 0 aliphatic rings. The Morgan fingerprint density at radius 1 is 1.19 bits per heavy atom. The average Bonchev–Trinajstić information content (AvgIpc) is 2.52. The van der Waals surface area contributed by atoms with Crippen LogP contribution in [0.5, 0.6) is 0 Å². The van der Waals surface area contributed by atoms with Crippen LogP contribution in [0.3, 0.4) is 0 Å². The zero-order valence-electron chi connectivity index (χ0n) is 12.2. The zero-order valence-corrected chi connectivity index (χ0v) is 12.2. The number of amides is 1. The predicted molar refractivity (Wildman–Crippen MR) is 80.8 cm³/mol. The lowest BCUT2D eigenvalue weighted by Crippen LogP contribution is -2.28. The van der Waals surface area contributed by atoms with Gasteiger partial charge in [-0.3, -0.25) is 9.78 Å². The Hall–Kier alpha value is -2.50. The number of hydrogen-bond donors (Lipinski definition) is 2. The fourth-order valence-corrected chi connectivity index (χ4v) is 1.62. The SMILES string of the molecule is CC(C)CNC(=O)c1ccc(NCc2ccccn2)nn1. The number of hydrogen-bond acceptors (Lipinski definition) is 5. The van der Waals surface area contributed by atoms with Gasteiger partial charge < -0.3 is 10.6 Å². The third kappa shape index (κ3) is 4.83. The van der Waals surface area contributed by atoms with Crippen LogP contribution >= 0.6 is 0 Å². The molecular weight excluding hydrogens is 266 g/mol. The third-order valence-corrected chi connectivity index (χ3v) is 2.74. The molecule has 2 aromatic rings. The van der Waals surface area contributed by atoms with E-state index in [9.17, 15) is 4.79 Å². The van der Waals surface area contributed by atoms with Crippen molar-refractivity contribution < 1.29 is 4.79 Å². The van der Waals surface area contributed by atoms with Crippen LogP contribution in [0.1, 0.15) is 30.0 Å². The van der Waals surface area contributed by atoms with Crippen LogP contribution in [0.4, 0.5) is 5.82 Å². The van der Waals surface area contributed by atoms with Crippen molar-refractivity contribution in [1.29, 1.82) is 0 Å². The number of carbonyl (C=O) groups excluding carboxylic acids is 1. The maximum absolute atomic E-state index is 11.8. The maximum Gasteiger partial charge on any atom is 0.271 e. The largest absolute Gasteiger partial charge is 0.363 e. The molecule has 0 fully saturated rings. The van der Waals surface area contributed by atoms with Crippen molar-refractivity contribution in [3.8, 4) is 0 Å². The van der Waals surface area contributed by atoms with Crippen molar-refractivity contribution in [2.75, 3.05) is 11.9 Å². The van der Waals surface area contributed by atoms with Crippen molar-refractivity contribution in [3.05, 3.63) is 47.9 Å². The number of rotatable bonds is 6. The van der Waals surface area contributed by atoms with E-state index in [1.165, 1.54) is 0 Å². The fraction of sp³-hybridized carbons (Fsp3) is 0.333. The van der Waals surface area contributed by atoms with Gasteiger partial charge in [-0.2, -0.15) is 0 Å². The first-order valence-corrected chi connectivity index (χ1v) is 6.91. The molecule has 2 rings (SSSR count). The van der Waals surface area contributed by atoms with E-state index < -0.39 is 0 Å². The second kappa shape index (κ2) is 7.33. The van der Waals surface area contributed by atoms with E-state index in [1.807, 2.05) is 32.0 Å². The van der Waals surface area contributed by atoms with Gasteiger partial charge in [-0.15, -0.1) is 10.2 Å². The van der Waals surface area contributed by atoms with Crippen molar-refractivity contribution >= 4 is 11.7 Å². The van der Waals surface area contributed by atoms with Gasteiger partial charge in [0.1, 0.15) is 5.82 Å². The van der Waals surface area contributed by atoms with Gasteiger partial charge in [-0.25, -0.2) is 0 Å². The molecule has 21 heavy (non-hydrogen) atoms. The van der Waals surface area contributed by atoms with E-state index in [4.69, 9.17) is 0 Å². The quantitative estimate of drug-likeness (QED) is 0.847. The number of nitrogens with zero attached hydrogens (tertiary/aromatic N) is 3. The first-order valence-electron chi connectivity index (χ1n) is 6.91. The Morgan fingerprint density at radius 2 is 2.05 bits per heavy atom. The molecular formula is C15H19N5O. The van der Waals surface area contributed by atoms with Crippen LogP contribution < -0.4 is 10.6 Å². The van der Waals surface area contributed by atoms with E-state index in [0.717, 1.165) is 5.69 Å². The second-order valence-electron chi connectivity index (χ2n) is 5.08. The molecule has 2 aromatic heterocycles. The Bertz CT molecular complexity index is 568. The molecule has 1 amide bonds. The summed E-state index contributed by atoms with van der Waals surface area (Å²) >= 11 is 0. The molecule has 0 spiro atoms. The summed E-state index contributed by atoms with van der Waals surface area (Å²) < 4.78 is 0. The maximum atomic E-state index is 11.8. The molecule has 0 aromatic carbocycles. The number of nitrogens with one attached hydrogen (secondary N) is 2. The summed E-state index contributed by atoms with van der Waals surface area (Å²) in [5.74, 6) is 0.815. The second-order valence-corrected chi connectivity index (χ2v) is 5.08. The minimum Gasteiger partial charge on any atom is -0.363 e. The summed E-state index contributed by atoms with van der Waals surface area (Å²) in [6.45, 7) is 5.27. The lowest BCUT2D eigenvalue weighted by atomic mass is 10.2. The van der Waals surface area contributed by atoms with Crippen molar-refractivity contribution in [3.63, 3.8) is 0 Å². The average molecular weight is 285 g/mol. The Morgan fingerprint density at radius 3 is 2.67 bits per heavy atom. The Balaban J connectivity index is 1.88. The van der Waals surface area contributed by atoms with Gasteiger partial charge >= 0.3 is 0 Å². The Kier molecular flexibility index (Phi) is 5.20. The van der Waals surface area contributed by atoms with E-state index >= 15 is 0 Å². The van der Waals surface area contributed by atoms with E-state index in [1.54, 1.807) is 18.3 Å². The van der Waals surface area contributed by atoms with Crippen molar-refractivity contribution in [2.45, 2.75) is 20.4 Å². The van der Waals surface area contributed by atoms with Gasteiger partial charge in [0.25, 0.3) is 5.91 Å². The van der Waals surface area contributed by atoms with Crippen LogP contribution in [0.15, 0.2) is 36.5 Å². The van der Waals surface area contributed by atoms with Crippen LogP contribution in [-0.4, -0.2) is 27.6 Å². The molecule has 0 bridgehead atoms. The molecule has 6 nitrogen and oxygen atoms in total. The Labute approximate surface area is 124 Å². The van der Waals surface area contributed by atoms with Crippen molar-refractivity contribution in [2.24, 2.45) is 5.92 Å². The molecule has 0 unspecified atom stereocenters. The smallest absolute Gasteiger partial charge is 0.271 e. The van der Waals surface area contributed by atoms with Gasteiger partial charge in [0, 0.05) is 12.7 Å². The number of aromatic nitrogens is 3. The van der Waals surface area contributed by atoms with E-state index in [0.29, 0.717) is 30.5 Å². The highest BCUT2D eigenvalue weighted by Crippen LogP contribution is 2.04. The first-order chi connectivity index (χ1) is 10.1. The monoisotopic (exact) mass is 285 g/mol. The van der Waals surface area contributed by atoms with E-state index in [2.05, 4.69) is 25.8 Å². The summed E-state index contributed by atoms with van der Waals surface area (Å²) in [6.07, 6.45) is 1.74. The highest BCUT2D eigenvalue weighted by Gasteiger charge is 2.08. The molecule has 2 heterocycles. The highest BCUT2D eigenvalue weighted by molar-refractivity contribution is 5.92. The first kappa shape index (κ1) is 14.9. The standard InChI is InChI=1S/C15H19N5O/c1-11(2)9-18-15(21)13-6-7-14(20-19-13)17-10-12-5-3-4-8-16-12/h3-8,11H,9-10H2,1-2H3,(H,17,20)(H,18,21). The van der Waals surface area contributed by atoms with Gasteiger partial charge in [0.15, 0.2) is 5.69 Å². The number of carbonyl (C=O) groups is 1. The molecule has 0 aliphatic heterocycles. The van der Waals surface area contributed by atoms with Gasteiger partial charge in [0.2, 0.25) is 0 Å². The highest BCUT2D eigenvalue weighted by atomic mass is 16.1. The fourth-order valence-electron chi connectivity index (χ4n) is 1.62. The number of pyridine rings is 1. The molecule has 110 valence electrons. The van der Waals surface area contributed by atoms with Crippen LogP contribution in [-0.2, 0) is 6.54 Å². The normalized spacial score (nSPS) is 10.4. The topological polar surface area (TPSA) is 79.8 Å². The predicted octanol–water partition coefficient (Wildman–Crippen LogP) is 1.87. The summed E-state index contributed by atoms with van der Waals surface area (Å²) in [7, 11) is 0. The summed E-state index contributed by atoms with van der Waals surface area (Å²) in [5.41, 5.74) is 1.23. The molecule has 6 heteroatoms. The van der Waals surface area contributed by atoms with Crippen molar-refractivity contribution in [1.82, 2.24) is 20.5 Å². The minimum atomic E-state index is -0.201. The summed E-state index contributed by atoms with van der Waals surface area (Å²) in [5, 5.41) is 13.8. The minimum absolute atomic E-state index is 0.201. The number of anilines is 1. The zero-order chi connectivity index (χ0) is 15.1. The molecule has 0 aliphatic carbocycles. The van der Waals surface area contributed by atoms with Gasteiger partial charge in [-0.05, 0) is 30.2 Å². The molecule has 0 radical (unpaired) electrons. The molecule has 0 saturated carbocycles.